The van der Waals surface area contributed by atoms with E-state index in [0.29, 0.717) is 18.7 Å². The van der Waals surface area contributed by atoms with Crippen molar-refractivity contribution in [3.05, 3.63) is 18.2 Å². The highest BCUT2D eigenvalue weighted by Gasteiger charge is 2.39. The van der Waals surface area contributed by atoms with Crippen molar-refractivity contribution in [3.8, 4) is 0 Å². The molecule has 0 bridgehead atoms. The summed E-state index contributed by atoms with van der Waals surface area (Å²) in [6.45, 7) is 2.77. The van der Waals surface area contributed by atoms with Crippen LogP contribution in [0.5, 0.6) is 0 Å². The molecule has 1 heterocycles. The molecule has 1 aromatic rings. The number of nitrogens with zero attached hydrogens (tertiary/aromatic N) is 2. The van der Waals surface area contributed by atoms with Gasteiger partial charge in [0, 0.05) is 25.0 Å². The number of hydrogen-bond donors (Lipinski definition) is 1. The minimum atomic E-state index is -1.25. The number of aryl methyl sites for hydroxylation is 1. The molecule has 0 saturated heterocycles. The third kappa shape index (κ3) is 1.91. The lowest BCUT2D eigenvalue weighted by molar-refractivity contribution is 0.0835. The van der Waals surface area contributed by atoms with Gasteiger partial charge in [-0.15, -0.1) is 0 Å². The SMILES string of the molecule is CCn1ccnc1C1(F)CCC(N)CC1. The summed E-state index contributed by atoms with van der Waals surface area (Å²) < 4.78 is 16.5. The molecule has 2 rings (SSSR count). The van der Waals surface area contributed by atoms with Gasteiger partial charge in [-0.3, -0.25) is 0 Å². The van der Waals surface area contributed by atoms with Crippen LogP contribution in [0.15, 0.2) is 12.4 Å². The molecule has 84 valence electrons. The molecule has 0 aliphatic heterocycles. The second kappa shape index (κ2) is 3.93. The lowest BCUT2D eigenvalue weighted by Gasteiger charge is -2.32. The van der Waals surface area contributed by atoms with E-state index in [1.807, 2.05) is 17.7 Å². The van der Waals surface area contributed by atoms with Crippen molar-refractivity contribution >= 4 is 0 Å². The molecule has 0 amide bonds. The molecule has 0 spiro atoms. The van der Waals surface area contributed by atoms with Crippen LogP contribution in [0.25, 0.3) is 0 Å². The maximum Gasteiger partial charge on any atom is 0.168 e. The van der Waals surface area contributed by atoms with E-state index in [2.05, 4.69) is 4.98 Å². The average Bonchev–Trinajstić information content (AvgIpc) is 2.71. The van der Waals surface area contributed by atoms with Crippen molar-refractivity contribution in [2.75, 3.05) is 0 Å². The molecular formula is C11H18FN3. The monoisotopic (exact) mass is 211 g/mol. The van der Waals surface area contributed by atoms with Crippen molar-refractivity contribution in [3.63, 3.8) is 0 Å². The van der Waals surface area contributed by atoms with Crippen LogP contribution in [0.2, 0.25) is 0 Å². The van der Waals surface area contributed by atoms with Crippen molar-refractivity contribution in [1.29, 1.82) is 0 Å². The van der Waals surface area contributed by atoms with Crippen molar-refractivity contribution < 1.29 is 4.39 Å². The molecule has 1 aliphatic carbocycles. The average molecular weight is 211 g/mol. The number of hydrogen-bond acceptors (Lipinski definition) is 2. The van der Waals surface area contributed by atoms with Crippen LogP contribution >= 0.6 is 0 Å². The number of imidazole rings is 1. The highest BCUT2D eigenvalue weighted by atomic mass is 19.1. The molecule has 0 aromatic carbocycles. The first-order valence-corrected chi connectivity index (χ1v) is 5.62. The molecule has 1 aromatic heterocycles. The molecule has 2 N–H and O–H groups in total. The fourth-order valence-corrected chi connectivity index (χ4v) is 2.28. The lowest BCUT2D eigenvalue weighted by Crippen LogP contribution is -2.35. The Balaban J connectivity index is 2.22. The van der Waals surface area contributed by atoms with E-state index < -0.39 is 5.67 Å². The highest BCUT2D eigenvalue weighted by Crippen LogP contribution is 2.39. The second-order valence-electron chi connectivity index (χ2n) is 4.34. The Morgan fingerprint density at radius 1 is 1.60 bits per heavy atom. The summed E-state index contributed by atoms with van der Waals surface area (Å²) in [5, 5.41) is 0. The third-order valence-corrected chi connectivity index (χ3v) is 3.28. The van der Waals surface area contributed by atoms with Gasteiger partial charge in [0.05, 0.1) is 0 Å². The van der Waals surface area contributed by atoms with E-state index in [-0.39, 0.29) is 6.04 Å². The standard InChI is InChI=1S/C11H18FN3/c1-2-15-8-7-14-10(15)11(12)5-3-9(13)4-6-11/h7-9H,2-6,13H2,1H3. The van der Waals surface area contributed by atoms with Gasteiger partial charge in [0.15, 0.2) is 5.67 Å². The Morgan fingerprint density at radius 2 is 2.27 bits per heavy atom. The summed E-state index contributed by atoms with van der Waals surface area (Å²) in [7, 11) is 0. The summed E-state index contributed by atoms with van der Waals surface area (Å²) in [6, 6.07) is 0.166. The van der Waals surface area contributed by atoms with Gasteiger partial charge in [-0.05, 0) is 32.6 Å². The lowest BCUT2D eigenvalue weighted by atomic mass is 9.83. The van der Waals surface area contributed by atoms with Gasteiger partial charge < -0.3 is 10.3 Å². The van der Waals surface area contributed by atoms with Crippen molar-refractivity contribution in [2.24, 2.45) is 5.73 Å². The smallest absolute Gasteiger partial charge is 0.168 e. The number of nitrogens with two attached hydrogens (primary N) is 1. The van der Waals surface area contributed by atoms with Crippen LogP contribution in [-0.2, 0) is 12.2 Å². The quantitative estimate of drug-likeness (QED) is 0.812. The van der Waals surface area contributed by atoms with E-state index in [0.717, 1.165) is 19.4 Å². The zero-order valence-corrected chi connectivity index (χ0v) is 9.12. The summed E-state index contributed by atoms with van der Waals surface area (Å²) in [4.78, 5) is 4.15. The Morgan fingerprint density at radius 3 is 2.87 bits per heavy atom. The van der Waals surface area contributed by atoms with E-state index in [4.69, 9.17) is 5.73 Å². The number of halogens is 1. The maximum atomic E-state index is 14.6. The summed E-state index contributed by atoms with van der Waals surface area (Å²) in [6.07, 6.45) is 6.04. The Bertz CT molecular complexity index is 326. The molecule has 4 heteroatoms. The molecule has 3 nitrogen and oxygen atoms in total. The molecule has 1 saturated carbocycles. The normalized spacial score (nSPS) is 31.8. The largest absolute Gasteiger partial charge is 0.333 e. The minimum absolute atomic E-state index is 0.166. The van der Waals surface area contributed by atoms with Gasteiger partial charge >= 0.3 is 0 Å². The number of rotatable bonds is 2. The third-order valence-electron chi connectivity index (χ3n) is 3.28. The van der Waals surface area contributed by atoms with Gasteiger partial charge in [-0.1, -0.05) is 0 Å². The van der Waals surface area contributed by atoms with Crippen molar-refractivity contribution in [1.82, 2.24) is 9.55 Å². The van der Waals surface area contributed by atoms with Crippen LogP contribution in [-0.4, -0.2) is 15.6 Å². The predicted molar refractivity (Wildman–Crippen MR) is 57.1 cm³/mol. The fraction of sp³-hybridized carbons (Fsp3) is 0.727. The van der Waals surface area contributed by atoms with Gasteiger partial charge in [0.1, 0.15) is 5.82 Å². The fourth-order valence-electron chi connectivity index (χ4n) is 2.28. The topological polar surface area (TPSA) is 43.8 Å². The first-order chi connectivity index (χ1) is 7.15. The van der Waals surface area contributed by atoms with Crippen LogP contribution < -0.4 is 5.73 Å². The van der Waals surface area contributed by atoms with E-state index >= 15 is 0 Å². The molecular weight excluding hydrogens is 193 g/mol. The van der Waals surface area contributed by atoms with E-state index in [1.165, 1.54) is 0 Å². The highest BCUT2D eigenvalue weighted by molar-refractivity contribution is 5.07. The predicted octanol–water partition coefficient (Wildman–Crippen LogP) is 1.97. The van der Waals surface area contributed by atoms with Gasteiger partial charge in [0.25, 0.3) is 0 Å². The Labute approximate surface area is 89.5 Å². The van der Waals surface area contributed by atoms with Crippen LogP contribution in [0, 0.1) is 0 Å². The molecule has 1 fully saturated rings. The number of aromatic nitrogens is 2. The molecule has 0 radical (unpaired) electrons. The molecule has 0 atom stereocenters. The Hall–Kier alpha value is -0.900. The van der Waals surface area contributed by atoms with Crippen LogP contribution in [0.4, 0.5) is 4.39 Å². The van der Waals surface area contributed by atoms with Crippen molar-refractivity contribution in [2.45, 2.75) is 50.9 Å². The van der Waals surface area contributed by atoms with E-state index in [9.17, 15) is 4.39 Å². The molecule has 1 aliphatic rings. The van der Waals surface area contributed by atoms with Crippen LogP contribution in [0.1, 0.15) is 38.4 Å². The molecule has 15 heavy (non-hydrogen) atoms. The first kappa shape index (κ1) is 10.6. The maximum absolute atomic E-state index is 14.6. The molecule has 0 unspecified atom stereocenters. The van der Waals surface area contributed by atoms with E-state index in [1.54, 1.807) is 6.20 Å². The Kier molecular flexibility index (Phi) is 2.78. The number of alkyl halides is 1. The second-order valence-corrected chi connectivity index (χ2v) is 4.34. The zero-order valence-electron chi connectivity index (χ0n) is 9.12. The van der Waals surface area contributed by atoms with Gasteiger partial charge in [0.2, 0.25) is 0 Å². The first-order valence-electron chi connectivity index (χ1n) is 5.62. The minimum Gasteiger partial charge on any atom is -0.333 e. The summed E-state index contributed by atoms with van der Waals surface area (Å²) in [5.41, 5.74) is 4.53. The van der Waals surface area contributed by atoms with Crippen LogP contribution in [0.3, 0.4) is 0 Å². The summed E-state index contributed by atoms with van der Waals surface area (Å²) in [5.74, 6) is 0.580. The summed E-state index contributed by atoms with van der Waals surface area (Å²) >= 11 is 0. The van der Waals surface area contributed by atoms with Gasteiger partial charge in [-0.25, -0.2) is 9.37 Å². The van der Waals surface area contributed by atoms with Gasteiger partial charge in [-0.2, -0.15) is 0 Å². The zero-order chi connectivity index (χ0) is 10.9.